The lowest BCUT2D eigenvalue weighted by atomic mass is 9.86. The Morgan fingerprint density at radius 2 is 2.02 bits per heavy atom. The lowest BCUT2D eigenvalue weighted by Gasteiger charge is -2.31. The number of rotatable bonds is 8. The van der Waals surface area contributed by atoms with Gasteiger partial charge in [0, 0.05) is 33.9 Å². The number of aryl methyl sites for hydroxylation is 1. The van der Waals surface area contributed by atoms with Gasteiger partial charge in [0.25, 0.3) is 5.56 Å². The molecule has 0 bridgehead atoms. The summed E-state index contributed by atoms with van der Waals surface area (Å²) in [7, 11) is 0. The molecule has 0 unspecified atom stereocenters. The van der Waals surface area contributed by atoms with Gasteiger partial charge >= 0.3 is 18.0 Å². The van der Waals surface area contributed by atoms with Gasteiger partial charge < -0.3 is 29.8 Å². The van der Waals surface area contributed by atoms with Crippen LogP contribution in [0.15, 0.2) is 29.1 Å². The topological polar surface area (TPSA) is 149 Å². The molecule has 3 N–H and O–H groups in total. The van der Waals surface area contributed by atoms with Crippen molar-refractivity contribution < 1.29 is 29.0 Å². The Labute approximate surface area is 257 Å². The molecular weight excluding hydrogens is 584 g/mol. The van der Waals surface area contributed by atoms with Gasteiger partial charge in [0.1, 0.15) is 12.4 Å². The van der Waals surface area contributed by atoms with Crippen LogP contribution in [0.5, 0.6) is 5.75 Å². The maximum Gasteiger partial charge on any atom is 0.343 e. The number of hydrogen-bond acceptors (Lipinski definition) is 9. The van der Waals surface area contributed by atoms with Crippen LogP contribution in [0.1, 0.15) is 68.2 Å². The van der Waals surface area contributed by atoms with Crippen molar-refractivity contribution >= 4 is 40.6 Å². The molecule has 4 aliphatic heterocycles. The zero-order chi connectivity index (χ0) is 30.7. The SMILES string of the molecule is CCc1c2c(nc3ccc(OC(=O)CCCC[C@@H]4SC[C@@H]5NC(=O)N[C@@H]54)cc13)-c1cc3c(c(=O)n1C2)COC(=O)[C@]3(O)CC. The van der Waals surface area contributed by atoms with Crippen molar-refractivity contribution in [3.05, 3.63) is 56.9 Å². The van der Waals surface area contributed by atoms with Crippen molar-refractivity contribution in [1.82, 2.24) is 20.2 Å². The average molecular weight is 619 g/mol. The average Bonchev–Trinajstić information content (AvgIpc) is 3.69. The summed E-state index contributed by atoms with van der Waals surface area (Å²) < 4.78 is 12.5. The minimum atomic E-state index is -1.88. The Bertz CT molecular complexity index is 1790. The number of urea groups is 1. The Hall–Kier alpha value is -3.90. The molecule has 0 radical (unpaired) electrons. The second-order valence-electron chi connectivity index (χ2n) is 11.9. The summed E-state index contributed by atoms with van der Waals surface area (Å²) in [6, 6.07) is 7.36. The number of cyclic esters (lactones) is 1. The van der Waals surface area contributed by atoms with Crippen molar-refractivity contribution in [2.24, 2.45) is 0 Å². The number of benzene rings is 1. The van der Waals surface area contributed by atoms with E-state index >= 15 is 0 Å². The van der Waals surface area contributed by atoms with E-state index in [1.807, 2.05) is 30.8 Å². The normalized spacial score (nSPS) is 24.7. The van der Waals surface area contributed by atoms with E-state index in [1.165, 1.54) is 0 Å². The molecular formula is C32H34N4O7S. The van der Waals surface area contributed by atoms with Gasteiger partial charge in [-0.2, -0.15) is 11.8 Å². The third-order valence-electron chi connectivity index (χ3n) is 9.42. The predicted octanol–water partition coefficient (Wildman–Crippen LogP) is 3.27. The highest BCUT2D eigenvalue weighted by Crippen LogP contribution is 2.41. The molecule has 0 aliphatic carbocycles. The van der Waals surface area contributed by atoms with Gasteiger partial charge in [-0.15, -0.1) is 0 Å². The Balaban J connectivity index is 1.09. The smallest absolute Gasteiger partial charge is 0.343 e. The third kappa shape index (κ3) is 4.57. The van der Waals surface area contributed by atoms with Gasteiger partial charge in [-0.25, -0.2) is 14.6 Å². The quantitative estimate of drug-likeness (QED) is 0.117. The molecule has 0 spiro atoms. The number of carbonyl (C=O) groups excluding carboxylic acids is 3. The predicted molar refractivity (Wildman–Crippen MR) is 163 cm³/mol. The van der Waals surface area contributed by atoms with Crippen LogP contribution >= 0.6 is 11.8 Å². The van der Waals surface area contributed by atoms with Gasteiger partial charge in [-0.3, -0.25) is 9.59 Å². The summed E-state index contributed by atoms with van der Waals surface area (Å²) in [5.41, 5.74) is 2.21. The summed E-state index contributed by atoms with van der Waals surface area (Å²) in [6.07, 6.45) is 3.56. The van der Waals surface area contributed by atoms with Crippen LogP contribution < -0.4 is 20.9 Å². The van der Waals surface area contributed by atoms with Crippen LogP contribution in [0.2, 0.25) is 0 Å². The molecule has 4 aliphatic rings. The standard InChI is InChI=1S/C32H34N4O7S/c1-3-17-18-11-16(43-26(37)8-6-5-7-25-28-23(15-44-25)34-31(40)35-28)9-10-22(18)33-27-19(17)13-36-24(27)12-21-20(29(36)38)14-42-30(39)32(21,41)4-2/h9-12,23,25,28,41H,3-8,13-15H2,1-2H3,(H2,34,35,40)/t23-,25-,28-,32-/m0/s1. The van der Waals surface area contributed by atoms with E-state index in [4.69, 9.17) is 14.5 Å². The Kier molecular flexibility index (Phi) is 7.16. The molecule has 2 saturated heterocycles. The first kappa shape index (κ1) is 28.8. The lowest BCUT2D eigenvalue weighted by Crippen LogP contribution is -2.44. The largest absolute Gasteiger partial charge is 0.458 e. The number of nitrogens with zero attached hydrogens (tertiary/aromatic N) is 2. The second kappa shape index (κ2) is 10.9. The maximum absolute atomic E-state index is 13.6. The van der Waals surface area contributed by atoms with Gasteiger partial charge in [-0.05, 0) is 55.5 Å². The van der Waals surface area contributed by atoms with Crippen LogP contribution in [0.25, 0.3) is 22.3 Å². The molecule has 7 rings (SSSR count). The van der Waals surface area contributed by atoms with E-state index in [-0.39, 0.29) is 53.8 Å². The van der Waals surface area contributed by atoms with Crippen LogP contribution in [-0.4, -0.2) is 55.7 Å². The van der Waals surface area contributed by atoms with E-state index in [2.05, 4.69) is 10.6 Å². The monoisotopic (exact) mass is 618 g/mol. The third-order valence-corrected chi connectivity index (χ3v) is 10.9. The molecule has 11 nitrogen and oxygen atoms in total. The van der Waals surface area contributed by atoms with Crippen molar-refractivity contribution in [3.63, 3.8) is 0 Å². The van der Waals surface area contributed by atoms with Gasteiger partial charge in [0.2, 0.25) is 0 Å². The highest BCUT2D eigenvalue weighted by atomic mass is 32.2. The number of fused-ring (bicyclic) bond motifs is 6. The number of unbranched alkanes of at least 4 members (excludes halogenated alkanes) is 1. The van der Waals surface area contributed by atoms with Crippen LogP contribution in [-0.2, 0) is 39.5 Å². The number of ether oxygens (including phenoxy) is 2. The number of esters is 2. The van der Waals surface area contributed by atoms with Gasteiger partial charge in [-0.1, -0.05) is 20.3 Å². The first-order valence-corrected chi connectivity index (χ1v) is 16.3. The van der Waals surface area contributed by atoms with Gasteiger partial charge in [0.15, 0.2) is 5.60 Å². The Morgan fingerprint density at radius 1 is 1.18 bits per heavy atom. The van der Waals surface area contributed by atoms with Crippen molar-refractivity contribution in [2.45, 2.75) is 88.5 Å². The number of aromatic nitrogens is 2. The second-order valence-corrected chi connectivity index (χ2v) is 13.2. The summed E-state index contributed by atoms with van der Waals surface area (Å²) in [4.78, 5) is 55.2. The van der Waals surface area contributed by atoms with Crippen molar-refractivity contribution in [1.29, 1.82) is 0 Å². The molecule has 4 atom stereocenters. The van der Waals surface area contributed by atoms with Crippen molar-refractivity contribution in [2.75, 3.05) is 5.75 Å². The molecule has 44 heavy (non-hydrogen) atoms. The number of nitrogens with one attached hydrogen (secondary N) is 2. The lowest BCUT2D eigenvalue weighted by molar-refractivity contribution is -0.172. The van der Waals surface area contributed by atoms with E-state index in [1.54, 1.807) is 23.6 Å². The molecule has 12 heteroatoms. The zero-order valence-electron chi connectivity index (χ0n) is 24.6. The minimum Gasteiger partial charge on any atom is -0.458 e. The maximum atomic E-state index is 13.6. The fourth-order valence-electron chi connectivity index (χ4n) is 7.05. The van der Waals surface area contributed by atoms with Crippen LogP contribution in [0.4, 0.5) is 4.79 Å². The van der Waals surface area contributed by atoms with Gasteiger partial charge in [0.05, 0.1) is 41.1 Å². The summed E-state index contributed by atoms with van der Waals surface area (Å²) in [5, 5.41) is 18.3. The molecule has 3 aromatic rings. The number of thioether (sulfide) groups is 1. The number of hydrogen-bond donors (Lipinski definition) is 3. The summed E-state index contributed by atoms with van der Waals surface area (Å²) in [6.45, 7) is 3.85. The van der Waals surface area contributed by atoms with Crippen LogP contribution in [0, 0.1) is 0 Å². The molecule has 230 valence electrons. The highest BCUT2D eigenvalue weighted by molar-refractivity contribution is 8.00. The summed E-state index contributed by atoms with van der Waals surface area (Å²) >= 11 is 1.87. The first-order valence-electron chi connectivity index (χ1n) is 15.2. The van der Waals surface area contributed by atoms with E-state index in [0.717, 1.165) is 35.1 Å². The van der Waals surface area contributed by atoms with E-state index < -0.39 is 11.6 Å². The number of aliphatic hydroxyl groups is 1. The number of pyridine rings is 2. The van der Waals surface area contributed by atoms with E-state index in [0.29, 0.717) is 53.7 Å². The fourth-order valence-corrected chi connectivity index (χ4v) is 8.59. The zero-order valence-corrected chi connectivity index (χ0v) is 25.4. The first-order chi connectivity index (χ1) is 21.2. The number of carbonyl (C=O) groups is 3. The van der Waals surface area contributed by atoms with E-state index in [9.17, 15) is 24.3 Å². The molecule has 2 amide bonds. The molecule has 2 fully saturated rings. The Morgan fingerprint density at radius 3 is 2.82 bits per heavy atom. The molecule has 0 saturated carbocycles. The fraction of sp³-hybridized carbons (Fsp3) is 0.469. The number of amides is 2. The highest BCUT2D eigenvalue weighted by Gasteiger charge is 2.46. The molecule has 2 aromatic heterocycles. The summed E-state index contributed by atoms with van der Waals surface area (Å²) in [5.74, 6) is 0.313. The minimum absolute atomic E-state index is 0.0826. The van der Waals surface area contributed by atoms with Crippen LogP contribution in [0.3, 0.4) is 0 Å². The molecule has 1 aromatic carbocycles. The van der Waals surface area contributed by atoms with Crippen molar-refractivity contribution in [3.8, 4) is 17.1 Å². The molecule has 6 heterocycles.